The lowest BCUT2D eigenvalue weighted by atomic mass is 9.50. The normalized spacial score (nSPS) is 42.2. The quantitative estimate of drug-likeness (QED) is 0.761. The first-order valence-electron chi connectivity index (χ1n) is 9.83. The van der Waals surface area contributed by atoms with Gasteiger partial charge in [0.05, 0.1) is 25.4 Å². The molecule has 0 amide bonds. The Balaban J connectivity index is 1.68. The first-order valence-corrected chi connectivity index (χ1v) is 9.83. The number of nitriles is 1. The Morgan fingerprint density at radius 3 is 2.88 bits per heavy atom. The van der Waals surface area contributed by atoms with Crippen LogP contribution < -0.4 is 0 Å². The lowest BCUT2D eigenvalue weighted by molar-refractivity contribution is -0.102. The average Bonchev–Trinajstić information content (AvgIpc) is 2.94. The number of hydrogen-bond acceptors (Lipinski definition) is 3. The Hall–Kier alpha value is -1.53. The maximum Gasteiger partial charge on any atom is 0.102 e. The van der Waals surface area contributed by atoms with Crippen molar-refractivity contribution in [1.82, 2.24) is 0 Å². The van der Waals surface area contributed by atoms with Gasteiger partial charge >= 0.3 is 0 Å². The van der Waals surface area contributed by atoms with Crippen molar-refractivity contribution in [1.29, 1.82) is 5.26 Å². The summed E-state index contributed by atoms with van der Waals surface area (Å²) in [6.07, 6.45) is 14.4. The van der Waals surface area contributed by atoms with Crippen LogP contribution in [-0.4, -0.2) is 17.8 Å². The Morgan fingerprint density at radius 1 is 1.32 bits per heavy atom. The van der Waals surface area contributed by atoms with E-state index in [0.717, 1.165) is 44.3 Å². The molecule has 0 aliphatic heterocycles. The van der Waals surface area contributed by atoms with Crippen LogP contribution in [0.5, 0.6) is 0 Å². The third-order valence-corrected chi connectivity index (χ3v) is 7.78. The van der Waals surface area contributed by atoms with Crippen LogP contribution in [0.2, 0.25) is 0 Å². The molecule has 1 N–H and O–H groups in total. The van der Waals surface area contributed by atoms with Crippen molar-refractivity contribution in [3.05, 3.63) is 35.1 Å². The Labute approximate surface area is 151 Å². The molecule has 5 atom stereocenters. The molecule has 0 radical (unpaired) electrons. The van der Waals surface area contributed by atoms with Crippen molar-refractivity contribution in [2.24, 2.45) is 23.2 Å². The van der Waals surface area contributed by atoms with Gasteiger partial charge in [0.2, 0.25) is 0 Å². The van der Waals surface area contributed by atoms with Gasteiger partial charge in [-0.15, -0.1) is 0 Å². The van der Waals surface area contributed by atoms with E-state index in [-0.39, 0.29) is 11.8 Å². The minimum Gasteiger partial charge on any atom is -0.501 e. The Kier molecular flexibility index (Phi) is 4.07. The van der Waals surface area contributed by atoms with Gasteiger partial charge < -0.3 is 9.84 Å². The van der Waals surface area contributed by atoms with Gasteiger partial charge in [-0.1, -0.05) is 24.6 Å². The molecule has 0 bridgehead atoms. The minimum atomic E-state index is -0.934. The highest BCUT2D eigenvalue weighted by Gasteiger charge is 2.60. The summed E-state index contributed by atoms with van der Waals surface area (Å²) < 4.78 is 5.49. The summed E-state index contributed by atoms with van der Waals surface area (Å²) in [5.41, 5.74) is 2.11. The van der Waals surface area contributed by atoms with Crippen LogP contribution >= 0.6 is 0 Å². The van der Waals surface area contributed by atoms with Crippen LogP contribution in [0, 0.1) is 34.5 Å². The first kappa shape index (κ1) is 16.9. The van der Waals surface area contributed by atoms with Gasteiger partial charge in [-0.3, -0.25) is 0 Å². The Bertz CT molecular complexity index is 697. The topological polar surface area (TPSA) is 53.2 Å². The molecule has 4 aliphatic carbocycles. The van der Waals surface area contributed by atoms with E-state index in [0.29, 0.717) is 17.8 Å². The van der Waals surface area contributed by atoms with Crippen LogP contribution in [0.15, 0.2) is 35.1 Å². The summed E-state index contributed by atoms with van der Waals surface area (Å²) in [7, 11) is 1.78. The van der Waals surface area contributed by atoms with Crippen LogP contribution in [0.4, 0.5) is 0 Å². The molecular weight excluding hydrogens is 310 g/mol. The molecule has 4 aliphatic rings. The zero-order chi connectivity index (χ0) is 17.7. The lowest BCUT2D eigenvalue weighted by Crippen LogP contribution is -2.53. The third kappa shape index (κ3) is 2.27. The molecule has 0 unspecified atom stereocenters. The van der Waals surface area contributed by atoms with Crippen molar-refractivity contribution in [3.8, 4) is 6.07 Å². The van der Waals surface area contributed by atoms with Crippen LogP contribution in [-0.2, 0) is 4.74 Å². The number of rotatable bonds is 3. The molecule has 4 rings (SSSR count). The van der Waals surface area contributed by atoms with Crippen LogP contribution in [0.1, 0.15) is 58.3 Å². The predicted molar refractivity (Wildman–Crippen MR) is 97.3 cm³/mol. The summed E-state index contributed by atoms with van der Waals surface area (Å²) in [4.78, 5) is 0. The molecule has 1 saturated carbocycles. The smallest absolute Gasteiger partial charge is 0.102 e. The lowest BCUT2D eigenvalue weighted by Gasteiger charge is -2.55. The van der Waals surface area contributed by atoms with Crippen molar-refractivity contribution >= 4 is 0 Å². The van der Waals surface area contributed by atoms with Crippen molar-refractivity contribution in [2.75, 3.05) is 7.11 Å². The third-order valence-electron chi connectivity index (χ3n) is 7.78. The van der Waals surface area contributed by atoms with Gasteiger partial charge in [0, 0.05) is 11.8 Å². The Morgan fingerprint density at radius 2 is 2.16 bits per heavy atom. The van der Waals surface area contributed by atoms with Crippen molar-refractivity contribution in [2.45, 2.75) is 63.9 Å². The zero-order valence-corrected chi connectivity index (χ0v) is 15.4. The second-order valence-electron chi connectivity index (χ2n) is 8.37. The molecule has 1 fully saturated rings. The van der Waals surface area contributed by atoms with Gasteiger partial charge in [0.1, 0.15) is 5.60 Å². The van der Waals surface area contributed by atoms with E-state index in [4.69, 9.17) is 4.74 Å². The standard InChI is InChI=1S/C22H29NO2/c1-3-21-10-8-18-17-7-5-16(25-2)14-15(17)4-6-19(18)20(21)9-11-22(21,24)12-13-23/h9,11,14,18-20,24H,3-8,10,12H2,1-2H3/t18-,19-,20+,21+,22-/m1/s1. The number of ether oxygens (including phenoxy) is 1. The molecule has 0 aromatic carbocycles. The first-order chi connectivity index (χ1) is 12.1. The zero-order valence-electron chi connectivity index (χ0n) is 15.4. The van der Waals surface area contributed by atoms with Crippen LogP contribution in [0.25, 0.3) is 0 Å². The largest absolute Gasteiger partial charge is 0.501 e. The van der Waals surface area contributed by atoms with E-state index < -0.39 is 5.60 Å². The number of nitrogens with zero attached hydrogens (tertiary/aromatic N) is 1. The minimum absolute atomic E-state index is 0.135. The summed E-state index contributed by atoms with van der Waals surface area (Å²) in [6, 6.07) is 2.24. The van der Waals surface area contributed by atoms with Gasteiger partial charge in [-0.2, -0.15) is 5.26 Å². The van der Waals surface area contributed by atoms with Crippen LogP contribution in [0.3, 0.4) is 0 Å². The molecule has 0 saturated heterocycles. The van der Waals surface area contributed by atoms with Gasteiger partial charge in [0.15, 0.2) is 0 Å². The number of methoxy groups -OCH3 is 1. The van der Waals surface area contributed by atoms with E-state index in [1.54, 1.807) is 12.7 Å². The number of fused-ring (bicyclic) bond motifs is 4. The van der Waals surface area contributed by atoms with Crippen molar-refractivity contribution < 1.29 is 9.84 Å². The second-order valence-corrected chi connectivity index (χ2v) is 8.37. The average molecular weight is 339 g/mol. The van der Waals surface area contributed by atoms with E-state index >= 15 is 0 Å². The maximum absolute atomic E-state index is 11.3. The van der Waals surface area contributed by atoms with E-state index in [1.807, 2.05) is 6.08 Å². The predicted octanol–water partition coefficient (Wildman–Crippen LogP) is 4.65. The molecule has 3 heteroatoms. The monoisotopic (exact) mass is 339 g/mol. The fourth-order valence-corrected chi connectivity index (χ4v) is 6.52. The highest BCUT2D eigenvalue weighted by molar-refractivity contribution is 5.38. The summed E-state index contributed by atoms with van der Waals surface area (Å²) in [6.45, 7) is 2.20. The molecule has 3 nitrogen and oxygen atoms in total. The van der Waals surface area contributed by atoms with E-state index in [2.05, 4.69) is 25.1 Å². The van der Waals surface area contributed by atoms with Gasteiger partial charge in [0.25, 0.3) is 0 Å². The van der Waals surface area contributed by atoms with E-state index in [1.165, 1.54) is 12.0 Å². The molecule has 0 aromatic heterocycles. The number of hydrogen-bond donors (Lipinski definition) is 1. The van der Waals surface area contributed by atoms with Gasteiger partial charge in [-0.05, 0) is 67.9 Å². The molecule has 134 valence electrons. The fourth-order valence-electron chi connectivity index (χ4n) is 6.52. The summed E-state index contributed by atoms with van der Waals surface area (Å²) in [5.74, 6) is 2.81. The maximum atomic E-state index is 11.3. The number of aliphatic hydroxyl groups is 1. The van der Waals surface area contributed by atoms with Gasteiger partial charge in [-0.25, -0.2) is 0 Å². The van der Waals surface area contributed by atoms with Crippen molar-refractivity contribution in [3.63, 3.8) is 0 Å². The number of allylic oxidation sites excluding steroid dienone is 5. The second kappa shape index (κ2) is 6.02. The fraction of sp³-hybridized carbons (Fsp3) is 0.682. The highest BCUT2D eigenvalue weighted by atomic mass is 16.5. The molecule has 25 heavy (non-hydrogen) atoms. The molecule has 0 aromatic rings. The summed E-state index contributed by atoms with van der Waals surface area (Å²) >= 11 is 0. The SMILES string of the molecule is CC[C@]12CC[C@@H]3C4=C(C=C(OC)CC4)CC[C@H]3[C@@H]1C=C[C@@]2(O)CC#N. The van der Waals surface area contributed by atoms with E-state index in [9.17, 15) is 10.4 Å². The molecule has 0 heterocycles. The molecular formula is C22H29NO2. The molecule has 0 spiro atoms. The summed E-state index contributed by atoms with van der Waals surface area (Å²) in [5, 5.41) is 20.5. The highest BCUT2D eigenvalue weighted by Crippen LogP contribution is 2.63.